The number of hydrogen-bond acceptors (Lipinski definition) is 4. The highest BCUT2D eigenvalue weighted by Crippen LogP contribution is 2.22. The molecule has 0 radical (unpaired) electrons. The number of ether oxygens (including phenoxy) is 2. The molecule has 4 heteroatoms. The lowest BCUT2D eigenvalue weighted by molar-refractivity contribution is 0.0511. The van der Waals surface area contributed by atoms with Crippen LogP contribution in [0.25, 0.3) is 0 Å². The predicted molar refractivity (Wildman–Crippen MR) is 78.7 cm³/mol. The molecule has 1 aromatic carbocycles. The number of aromatic nitrogens is 1. The van der Waals surface area contributed by atoms with Gasteiger partial charge in [0.2, 0.25) is 0 Å². The summed E-state index contributed by atoms with van der Waals surface area (Å²) >= 11 is 0. The number of nitrogens with two attached hydrogens (primary N) is 1. The minimum atomic E-state index is 0.259. The summed E-state index contributed by atoms with van der Waals surface area (Å²) in [6, 6.07) is 12.0. The Labute approximate surface area is 119 Å². The summed E-state index contributed by atoms with van der Waals surface area (Å²) in [7, 11) is 1.60. The van der Waals surface area contributed by atoms with Crippen molar-refractivity contribution < 1.29 is 9.47 Å². The molecule has 2 N–H and O–H groups in total. The van der Waals surface area contributed by atoms with Gasteiger partial charge in [0, 0.05) is 25.4 Å². The van der Waals surface area contributed by atoms with Gasteiger partial charge >= 0.3 is 0 Å². The molecule has 106 valence electrons. The first-order valence-electron chi connectivity index (χ1n) is 6.64. The Hall–Kier alpha value is -1.91. The maximum atomic E-state index is 5.90. The molecule has 1 aromatic heterocycles. The monoisotopic (exact) mass is 272 g/mol. The Morgan fingerprint density at radius 3 is 2.60 bits per heavy atom. The van der Waals surface area contributed by atoms with Crippen molar-refractivity contribution in [2.75, 3.05) is 20.4 Å². The van der Waals surface area contributed by atoms with Gasteiger partial charge in [-0.05, 0) is 42.3 Å². The van der Waals surface area contributed by atoms with Crippen molar-refractivity contribution in [1.82, 2.24) is 4.98 Å². The predicted octanol–water partition coefficient (Wildman–Crippen LogP) is 2.35. The second-order valence-electron chi connectivity index (χ2n) is 4.62. The van der Waals surface area contributed by atoms with Crippen molar-refractivity contribution in [2.45, 2.75) is 12.3 Å². The van der Waals surface area contributed by atoms with Crippen molar-refractivity contribution in [3.05, 3.63) is 59.9 Å². The third-order valence-electron chi connectivity index (χ3n) is 3.18. The maximum absolute atomic E-state index is 5.90. The van der Waals surface area contributed by atoms with E-state index in [0.717, 1.165) is 12.2 Å². The molecule has 1 heterocycles. The quantitative estimate of drug-likeness (QED) is 0.786. The van der Waals surface area contributed by atoms with Gasteiger partial charge in [-0.3, -0.25) is 4.98 Å². The molecule has 0 saturated heterocycles. The smallest absolute Gasteiger partial charge is 0.188 e. The van der Waals surface area contributed by atoms with Gasteiger partial charge in [0.1, 0.15) is 5.75 Å². The first kappa shape index (κ1) is 14.5. The van der Waals surface area contributed by atoms with Crippen LogP contribution >= 0.6 is 0 Å². The third kappa shape index (κ3) is 4.05. The van der Waals surface area contributed by atoms with Crippen molar-refractivity contribution in [3.63, 3.8) is 0 Å². The van der Waals surface area contributed by atoms with E-state index in [4.69, 9.17) is 15.2 Å². The highest BCUT2D eigenvalue weighted by Gasteiger charge is 2.11. The van der Waals surface area contributed by atoms with E-state index in [9.17, 15) is 0 Å². The third-order valence-corrected chi connectivity index (χ3v) is 3.18. The van der Waals surface area contributed by atoms with E-state index in [1.807, 2.05) is 24.4 Å². The maximum Gasteiger partial charge on any atom is 0.188 e. The molecular weight excluding hydrogens is 252 g/mol. The molecule has 0 bridgehead atoms. The van der Waals surface area contributed by atoms with E-state index in [2.05, 4.69) is 23.2 Å². The standard InChI is InChI=1S/C16H20N2O2/c1-19-12-20-16-6-4-14(5-7-16)15(10-17)9-13-3-2-8-18-11-13/h2-8,11,15H,9-10,12,17H2,1H3. The summed E-state index contributed by atoms with van der Waals surface area (Å²) in [6.45, 7) is 0.864. The minimum absolute atomic E-state index is 0.259. The van der Waals surface area contributed by atoms with E-state index in [1.165, 1.54) is 11.1 Å². The van der Waals surface area contributed by atoms with Crippen LogP contribution in [0.1, 0.15) is 17.0 Å². The Balaban J connectivity index is 2.04. The van der Waals surface area contributed by atoms with E-state index < -0.39 is 0 Å². The molecule has 0 spiro atoms. The molecule has 0 aliphatic heterocycles. The van der Waals surface area contributed by atoms with Gasteiger partial charge in [-0.15, -0.1) is 0 Å². The highest BCUT2D eigenvalue weighted by molar-refractivity contribution is 5.30. The molecule has 0 aliphatic rings. The van der Waals surface area contributed by atoms with Crippen LogP contribution in [0.5, 0.6) is 5.75 Å². The fourth-order valence-electron chi connectivity index (χ4n) is 2.10. The van der Waals surface area contributed by atoms with Crippen LogP contribution in [0.3, 0.4) is 0 Å². The van der Waals surface area contributed by atoms with Gasteiger partial charge in [0.05, 0.1) is 0 Å². The summed E-state index contributed by atoms with van der Waals surface area (Å²) in [5, 5.41) is 0. The van der Waals surface area contributed by atoms with Gasteiger partial charge in [0.15, 0.2) is 6.79 Å². The normalized spacial score (nSPS) is 12.1. The lowest BCUT2D eigenvalue weighted by Gasteiger charge is -2.15. The highest BCUT2D eigenvalue weighted by atomic mass is 16.7. The molecule has 4 nitrogen and oxygen atoms in total. The average Bonchev–Trinajstić information content (AvgIpc) is 2.52. The molecule has 0 saturated carbocycles. The van der Waals surface area contributed by atoms with Gasteiger partial charge in [-0.25, -0.2) is 0 Å². The van der Waals surface area contributed by atoms with Crippen LogP contribution < -0.4 is 10.5 Å². The molecule has 1 atom stereocenters. The summed E-state index contributed by atoms with van der Waals surface area (Å²) in [6.07, 6.45) is 4.56. The summed E-state index contributed by atoms with van der Waals surface area (Å²) in [5.74, 6) is 1.09. The number of benzene rings is 1. The number of methoxy groups -OCH3 is 1. The van der Waals surface area contributed by atoms with Crippen LogP contribution in [0.2, 0.25) is 0 Å². The van der Waals surface area contributed by atoms with E-state index in [-0.39, 0.29) is 12.7 Å². The molecule has 2 aromatic rings. The number of nitrogens with zero attached hydrogens (tertiary/aromatic N) is 1. The van der Waals surface area contributed by atoms with Crippen LogP contribution in [-0.4, -0.2) is 25.4 Å². The zero-order valence-corrected chi connectivity index (χ0v) is 11.7. The Kier molecular flexibility index (Phi) is 5.53. The van der Waals surface area contributed by atoms with Gasteiger partial charge in [-0.2, -0.15) is 0 Å². The second-order valence-corrected chi connectivity index (χ2v) is 4.62. The first-order chi connectivity index (χ1) is 9.83. The van der Waals surface area contributed by atoms with E-state index in [0.29, 0.717) is 6.54 Å². The largest absolute Gasteiger partial charge is 0.468 e. The van der Waals surface area contributed by atoms with Crippen molar-refractivity contribution >= 4 is 0 Å². The fraction of sp³-hybridized carbons (Fsp3) is 0.312. The fourth-order valence-corrected chi connectivity index (χ4v) is 2.10. The van der Waals surface area contributed by atoms with Crippen LogP contribution in [0, 0.1) is 0 Å². The van der Waals surface area contributed by atoms with Crippen LogP contribution in [0.4, 0.5) is 0 Å². The van der Waals surface area contributed by atoms with Crippen molar-refractivity contribution in [1.29, 1.82) is 0 Å². The number of hydrogen-bond donors (Lipinski definition) is 1. The lowest BCUT2D eigenvalue weighted by Crippen LogP contribution is -2.15. The van der Waals surface area contributed by atoms with Crippen LogP contribution in [0.15, 0.2) is 48.8 Å². The molecule has 0 fully saturated rings. The lowest BCUT2D eigenvalue weighted by atomic mass is 9.93. The zero-order chi connectivity index (χ0) is 14.2. The molecule has 0 amide bonds. The number of rotatable bonds is 7. The van der Waals surface area contributed by atoms with E-state index in [1.54, 1.807) is 13.3 Å². The molecular formula is C16H20N2O2. The van der Waals surface area contributed by atoms with Gasteiger partial charge < -0.3 is 15.2 Å². The van der Waals surface area contributed by atoms with Gasteiger partial charge in [-0.1, -0.05) is 18.2 Å². The molecule has 20 heavy (non-hydrogen) atoms. The summed E-state index contributed by atoms with van der Waals surface area (Å²) < 4.78 is 10.3. The van der Waals surface area contributed by atoms with Crippen molar-refractivity contribution in [2.24, 2.45) is 5.73 Å². The number of pyridine rings is 1. The average molecular weight is 272 g/mol. The summed E-state index contributed by atoms with van der Waals surface area (Å²) in [5.41, 5.74) is 8.31. The Morgan fingerprint density at radius 1 is 1.20 bits per heavy atom. The minimum Gasteiger partial charge on any atom is -0.468 e. The summed E-state index contributed by atoms with van der Waals surface area (Å²) in [4.78, 5) is 4.14. The first-order valence-corrected chi connectivity index (χ1v) is 6.64. The second kappa shape index (κ2) is 7.62. The molecule has 1 unspecified atom stereocenters. The van der Waals surface area contributed by atoms with Crippen molar-refractivity contribution in [3.8, 4) is 5.75 Å². The SMILES string of the molecule is COCOc1ccc(C(CN)Cc2cccnc2)cc1. The Morgan fingerprint density at radius 2 is 2.00 bits per heavy atom. The molecule has 0 aliphatic carbocycles. The van der Waals surface area contributed by atoms with E-state index >= 15 is 0 Å². The Bertz CT molecular complexity index is 500. The topological polar surface area (TPSA) is 57.4 Å². The molecule has 2 rings (SSSR count). The van der Waals surface area contributed by atoms with Crippen LogP contribution in [-0.2, 0) is 11.2 Å². The zero-order valence-electron chi connectivity index (χ0n) is 11.7. The van der Waals surface area contributed by atoms with Gasteiger partial charge in [0.25, 0.3) is 0 Å².